The second kappa shape index (κ2) is 4.98. The van der Waals surface area contributed by atoms with Gasteiger partial charge >= 0.3 is 6.03 Å². The Kier molecular flexibility index (Phi) is 3.73. The molecule has 0 aromatic carbocycles. The summed E-state index contributed by atoms with van der Waals surface area (Å²) in [6, 6.07) is -0.530. The fourth-order valence-corrected chi connectivity index (χ4v) is 2.52. The smallest absolute Gasteiger partial charge is 0.325 e. The van der Waals surface area contributed by atoms with Crippen LogP contribution in [0.4, 0.5) is 4.79 Å². The summed E-state index contributed by atoms with van der Waals surface area (Å²) >= 11 is 0. The van der Waals surface area contributed by atoms with Gasteiger partial charge in [0.15, 0.2) is 0 Å². The van der Waals surface area contributed by atoms with Crippen LogP contribution in [0.3, 0.4) is 0 Å². The highest BCUT2D eigenvalue weighted by atomic mass is 16.3. The fraction of sp³-hybridized carbons (Fsp3) is 0.786. The van der Waals surface area contributed by atoms with Crippen LogP contribution in [0, 0.1) is 5.92 Å². The molecule has 21 heavy (non-hydrogen) atoms. The number of rotatable bonds is 4. The van der Waals surface area contributed by atoms with Crippen LogP contribution in [0.15, 0.2) is 0 Å². The highest BCUT2D eigenvalue weighted by Crippen LogP contribution is 2.29. The summed E-state index contributed by atoms with van der Waals surface area (Å²) in [4.78, 5) is 38.6. The van der Waals surface area contributed by atoms with Crippen LogP contribution in [0.1, 0.15) is 34.1 Å². The van der Waals surface area contributed by atoms with Crippen LogP contribution in [-0.4, -0.2) is 63.5 Å². The molecule has 0 radical (unpaired) electrons. The van der Waals surface area contributed by atoms with Gasteiger partial charge in [0, 0.05) is 0 Å². The number of hydrogen-bond acceptors (Lipinski definition) is 4. The van der Waals surface area contributed by atoms with Crippen LogP contribution in [0.25, 0.3) is 0 Å². The average Bonchev–Trinajstić information content (AvgIpc) is 2.59. The number of amides is 4. The van der Waals surface area contributed by atoms with E-state index in [2.05, 4.69) is 5.32 Å². The Bertz CT molecular complexity index is 485. The normalized spacial score (nSPS) is 27.9. The van der Waals surface area contributed by atoms with Crippen molar-refractivity contribution in [3.63, 3.8) is 0 Å². The molecule has 2 aliphatic rings. The molecule has 2 fully saturated rings. The first-order chi connectivity index (χ1) is 9.63. The van der Waals surface area contributed by atoms with Crippen molar-refractivity contribution in [1.82, 2.24) is 15.1 Å². The Balaban J connectivity index is 1.96. The van der Waals surface area contributed by atoms with Crippen molar-refractivity contribution in [2.24, 2.45) is 5.92 Å². The summed E-state index contributed by atoms with van der Waals surface area (Å²) in [5.41, 5.74) is -1.78. The van der Waals surface area contributed by atoms with Crippen LogP contribution in [0.2, 0.25) is 0 Å². The molecule has 0 bridgehead atoms. The van der Waals surface area contributed by atoms with E-state index in [4.69, 9.17) is 0 Å². The van der Waals surface area contributed by atoms with Crippen molar-refractivity contribution in [3.8, 4) is 0 Å². The highest BCUT2D eigenvalue weighted by Gasteiger charge is 2.50. The number of β-amino-alcohol motifs (C(OH)–C–C–N with tert-alkyl or cyclic N) is 1. The largest absolute Gasteiger partial charge is 0.386 e. The lowest BCUT2D eigenvalue weighted by Gasteiger charge is -2.49. The number of hydrogen-bond donors (Lipinski definition) is 2. The van der Waals surface area contributed by atoms with Crippen molar-refractivity contribution in [2.45, 2.75) is 45.3 Å². The number of likely N-dealkylation sites (tertiary alicyclic amines) is 1. The number of nitrogens with one attached hydrogen (secondary N) is 1. The first kappa shape index (κ1) is 15.8. The van der Waals surface area contributed by atoms with Gasteiger partial charge in [-0.15, -0.1) is 0 Å². The molecule has 2 saturated heterocycles. The first-order valence-corrected chi connectivity index (χ1v) is 7.27. The fourth-order valence-electron chi connectivity index (χ4n) is 2.52. The van der Waals surface area contributed by atoms with Crippen molar-refractivity contribution < 1.29 is 19.5 Å². The third-order valence-electron chi connectivity index (χ3n) is 4.70. The quantitative estimate of drug-likeness (QED) is 0.711. The monoisotopic (exact) mass is 297 g/mol. The van der Waals surface area contributed by atoms with Crippen molar-refractivity contribution >= 4 is 17.8 Å². The summed E-state index contributed by atoms with van der Waals surface area (Å²) in [6.07, 6.45) is 0.471. The SMILES string of the molecule is CCC1(C)NC(=O)N(CC(=O)N2CC(O)(C(C)C)C2)C1=O. The molecule has 1 unspecified atom stereocenters. The molecule has 4 amide bonds. The zero-order valence-corrected chi connectivity index (χ0v) is 13.0. The molecule has 0 aromatic heterocycles. The van der Waals surface area contributed by atoms with Crippen molar-refractivity contribution in [1.29, 1.82) is 0 Å². The maximum Gasteiger partial charge on any atom is 0.325 e. The molecule has 7 nitrogen and oxygen atoms in total. The molecule has 1 atom stereocenters. The molecule has 2 heterocycles. The third-order valence-corrected chi connectivity index (χ3v) is 4.70. The van der Waals surface area contributed by atoms with Gasteiger partial charge in [-0.25, -0.2) is 4.79 Å². The van der Waals surface area contributed by atoms with Crippen molar-refractivity contribution in [3.05, 3.63) is 0 Å². The summed E-state index contributed by atoms with van der Waals surface area (Å²) < 4.78 is 0. The second-order valence-corrected chi connectivity index (χ2v) is 6.52. The van der Waals surface area contributed by atoms with Crippen molar-refractivity contribution in [2.75, 3.05) is 19.6 Å². The molecule has 118 valence electrons. The molecule has 7 heteroatoms. The summed E-state index contributed by atoms with van der Waals surface area (Å²) in [5, 5.41) is 12.8. The number of urea groups is 1. The Morgan fingerprint density at radius 3 is 2.38 bits per heavy atom. The molecular weight excluding hydrogens is 274 g/mol. The summed E-state index contributed by atoms with van der Waals surface area (Å²) in [6.45, 7) is 7.48. The van der Waals surface area contributed by atoms with Gasteiger partial charge in [-0.3, -0.25) is 14.5 Å². The average molecular weight is 297 g/mol. The van der Waals surface area contributed by atoms with Crippen LogP contribution in [-0.2, 0) is 9.59 Å². The number of aliphatic hydroxyl groups is 1. The lowest BCUT2D eigenvalue weighted by atomic mass is 9.83. The van der Waals surface area contributed by atoms with E-state index in [-0.39, 0.29) is 37.4 Å². The second-order valence-electron chi connectivity index (χ2n) is 6.52. The Morgan fingerprint density at radius 1 is 1.38 bits per heavy atom. The van der Waals surface area contributed by atoms with Gasteiger partial charge in [-0.1, -0.05) is 20.8 Å². The minimum absolute atomic E-state index is 0.0571. The van der Waals surface area contributed by atoms with E-state index in [9.17, 15) is 19.5 Å². The van der Waals surface area contributed by atoms with Gasteiger partial charge < -0.3 is 15.3 Å². The standard InChI is InChI=1S/C14H23N3O4/c1-5-13(4)11(19)17(12(20)15-13)6-10(18)16-7-14(21,8-16)9(2)3/h9,21H,5-8H2,1-4H3,(H,15,20). The zero-order valence-electron chi connectivity index (χ0n) is 13.0. The predicted octanol–water partition coefficient (Wildman–Crippen LogP) is -0.0638. The van der Waals surface area contributed by atoms with Crippen LogP contribution < -0.4 is 5.32 Å². The van der Waals surface area contributed by atoms with Gasteiger partial charge in [0.2, 0.25) is 5.91 Å². The Hall–Kier alpha value is -1.63. The van der Waals surface area contributed by atoms with E-state index in [1.807, 2.05) is 20.8 Å². The number of carbonyl (C=O) groups is 3. The van der Waals surface area contributed by atoms with E-state index >= 15 is 0 Å². The lowest BCUT2D eigenvalue weighted by molar-refractivity contribution is -0.165. The number of nitrogens with zero attached hydrogens (tertiary/aromatic N) is 2. The van der Waals surface area contributed by atoms with Gasteiger partial charge in [-0.05, 0) is 19.3 Å². The summed E-state index contributed by atoms with van der Waals surface area (Å²) in [5.74, 6) is -0.631. The van der Waals surface area contributed by atoms with Gasteiger partial charge in [0.1, 0.15) is 17.7 Å². The van der Waals surface area contributed by atoms with E-state index < -0.39 is 17.2 Å². The van der Waals surface area contributed by atoms with Gasteiger partial charge in [0.25, 0.3) is 5.91 Å². The summed E-state index contributed by atoms with van der Waals surface area (Å²) in [7, 11) is 0. The van der Waals surface area contributed by atoms with Crippen LogP contribution >= 0.6 is 0 Å². The first-order valence-electron chi connectivity index (χ1n) is 7.27. The predicted molar refractivity (Wildman–Crippen MR) is 75.3 cm³/mol. The molecule has 0 aliphatic carbocycles. The molecule has 0 aromatic rings. The molecule has 2 rings (SSSR count). The number of carbonyl (C=O) groups excluding carboxylic acids is 3. The molecular formula is C14H23N3O4. The van der Waals surface area contributed by atoms with E-state index in [1.165, 1.54) is 4.90 Å². The Morgan fingerprint density at radius 2 is 1.95 bits per heavy atom. The molecule has 0 saturated carbocycles. The number of imide groups is 1. The van der Waals surface area contributed by atoms with Gasteiger partial charge in [0.05, 0.1) is 13.1 Å². The van der Waals surface area contributed by atoms with E-state index in [0.29, 0.717) is 6.42 Å². The molecule has 0 spiro atoms. The maximum atomic E-state index is 12.2. The molecule has 2 N–H and O–H groups in total. The van der Waals surface area contributed by atoms with Crippen LogP contribution in [0.5, 0.6) is 0 Å². The van der Waals surface area contributed by atoms with E-state index in [0.717, 1.165) is 4.90 Å². The van der Waals surface area contributed by atoms with E-state index in [1.54, 1.807) is 6.92 Å². The topological polar surface area (TPSA) is 90.0 Å². The van der Waals surface area contributed by atoms with Gasteiger partial charge in [-0.2, -0.15) is 0 Å². The lowest BCUT2D eigenvalue weighted by Crippen LogP contribution is -2.67. The maximum absolute atomic E-state index is 12.2. The zero-order chi connectivity index (χ0) is 16.0. The third kappa shape index (κ3) is 2.50. The highest BCUT2D eigenvalue weighted by molar-refractivity contribution is 6.08. The minimum atomic E-state index is -0.926. The minimum Gasteiger partial charge on any atom is -0.386 e. The molecule has 2 aliphatic heterocycles. The Labute approximate surface area is 124 Å².